The van der Waals surface area contributed by atoms with Crippen LogP contribution in [0.3, 0.4) is 0 Å². The summed E-state index contributed by atoms with van der Waals surface area (Å²) in [4.78, 5) is 24.5. The molecule has 26 heavy (non-hydrogen) atoms. The first-order valence-corrected chi connectivity index (χ1v) is 8.97. The van der Waals surface area contributed by atoms with Gasteiger partial charge in [-0.2, -0.15) is 0 Å². The summed E-state index contributed by atoms with van der Waals surface area (Å²) < 4.78 is 16.3. The van der Waals surface area contributed by atoms with Gasteiger partial charge in [-0.05, 0) is 44.0 Å². The van der Waals surface area contributed by atoms with Crippen molar-refractivity contribution in [1.29, 1.82) is 0 Å². The summed E-state index contributed by atoms with van der Waals surface area (Å²) in [6.45, 7) is 1.61. The third kappa shape index (κ3) is 4.44. The Bertz CT molecular complexity index is 772. The van der Waals surface area contributed by atoms with Gasteiger partial charge in [-0.15, -0.1) is 0 Å². The molecular weight excluding hydrogens is 355 g/mol. The van der Waals surface area contributed by atoms with E-state index in [2.05, 4.69) is 33.5 Å². The molecule has 0 aromatic heterocycles. The normalized spacial score (nSPS) is 21.5. The lowest BCUT2D eigenvalue weighted by molar-refractivity contribution is -0.113. The molecule has 2 heterocycles. The number of benzene rings is 1. The summed E-state index contributed by atoms with van der Waals surface area (Å²) in [7, 11) is 0. The van der Waals surface area contributed by atoms with Crippen molar-refractivity contribution in [3.8, 4) is 0 Å². The quantitative estimate of drug-likeness (QED) is 0.510. The predicted octanol–water partition coefficient (Wildman–Crippen LogP) is 2.14. The lowest BCUT2D eigenvalue weighted by Gasteiger charge is -2.15. The van der Waals surface area contributed by atoms with Crippen molar-refractivity contribution < 1.29 is 14.0 Å². The lowest BCUT2D eigenvalue weighted by Crippen LogP contribution is -2.30. The van der Waals surface area contributed by atoms with Crippen LogP contribution < -0.4 is 20.7 Å². The van der Waals surface area contributed by atoms with E-state index in [1.165, 1.54) is 12.5 Å². The van der Waals surface area contributed by atoms with Gasteiger partial charge in [-0.1, -0.05) is 18.9 Å². The molecule has 0 spiro atoms. The first kappa shape index (κ1) is 18.5. The Morgan fingerprint density at radius 3 is 2.92 bits per heavy atom. The molecule has 0 aliphatic carbocycles. The summed E-state index contributed by atoms with van der Waals surface area (Å²) in [6, 6.07) is 5.22. The fraction of sp³-hybridized carbons (Fsp3) is 0.333. The largest absolute Gasteiger partial charge is 0.352 e. The minimum absolute atomic E-state index is 0.0216. The molecule has 6 nitrogen and oxygen atoms in total. The number of hydrogen-bond donors (Lipinski definition) is 5. The number of rotatable bonds is 5. The zero-order valence-electron chi connectivity index (χ0n) is 14.1. The molecule has 0 bridgehead atoms. The molecule has 2 aliphatic rings. The third-order valence-electron chi connectivity index (χ3n) is 4.45. The van der Waals surface area contributed by atoms with E-state index in [0.29, 0.717) is 29.4 Å². The number of hydrogen-bond acceptors (Lipinski definition) is 5. The van der Waals surface area contributed by atoms with Crippen molar-refractivity contribution in [2.75, 3.05) is 18.4 Å². The number of fused-ring (bicyclic) bond motifs is 1. The van der Waals surface area contributed by atoms with Gasteiger partial charge < -0.3 is 20.7 Å². The van der Waals surface area contributed by atoms with Gasteiger partial charge in [0.05, 0.1) is 0 Å². The van der Waals surface area contributed by atoms with E-state index >= 15 is 0 Å². The second-order valence-electron chi connectivity index (χ2n) is 6.29. The highest BCUT2D eigenvalue weighted by molar-refractivity contribution is 7.78. The number of allylic oxidation sites excluding steroid dienone is 2. The first-order valence-electron chi connectivity index (χ1n) is 8.53. The van der Waals surface area contributed by atoms with Crippen molar-refractivity contribution in [2.24, 2.45) is 0 Å². The van der Waals surface area contributed by atoms with Crippen molar-refractivity contribution in [2.45, 2.75) is 25.3 Å². The summed E-state index contributed by atoms with van der Waals surface area (Å²) >= 11 is 3.80. The standard InChI is InChI=1S/C18H21FN4O2S/c19-13-8-11-3-4-12(9-15(11)22-18(25)16(10-13)23-26)17(24)21-7-5-14-2-1-6-20-14/h3-4,8-10,14,20,23,26H,1-2,5-7H2,(H,21,24)(H,22,25). The number of amides is 2. The summed E-state index contributed by atoms with van der Waals surface area (Å²) in [5.74, 6) is -1.34. The maximum Gasteiger partial charge on any atom is 0.272 e. The van der Waals surface area contributed by atoms with Crippen LogP contribution in [0, 0.1) is 0 Å². The molecule has 8 heteroatoms. The number of halogens is 1. The Morgan fingerprint density at radius 1 is 1.35 bits per heavy atom. The van der Waals surface area contributed by atoms with Crippen LogP contribution in [0.2, 0.25) is 0 Å². The van der Waals surface area contributed by atoms with Crippen molar-refractivity contribution in [1.82, 2.24) is 15.4 Å². The number of nitrogens with one attached hydrogen (secondary N) is 4. The zero-order valence-corrected chi connectivity index (χ0v) is 15.0. The summed E-state index contributed by atoms with van der Waals surface area (Å²) in [5, 5.41) is 8.93. The van der Waals surface area contributed by atoms with Crippen molar-refractivity contribution >= 4 is 36.4 Å². The lowest BCUT2D eigenvalue weighted by atomic mass is 10.1. The fourth-order valence-electron chi connectivity index (χ4n) is 3.06. The minimum Gasteiger partial charge on any atom is -0.352 e. The van der Waals surface area contributed by atoms with E-state index in [-0.39, 0.29) is 11.6 Å². The van der Waals surface area contributed by atoms with Crippen LogP contribution in [0.25, 0.3) is 6.08 Å². The van der Waals surface area contributed by atoms with E-state index in [1.807, 2.05) is 0 Å². The maximum absolute atomic E-state index is 13.9. The number of thiol groups is 1. The van der Waals surface area contributed by atoms with Crippen LogP contribution in [0.5, 0.6) is 0 Å². The molecular formula is C18H21FN4O2S. The Kier molecular flexibility index (Phi) is 5.95. The second kappa shape index (κ2) is 8.37. The number of carbonyl (C=O) groups is 2. The molecule has 0 saturated carbocycles. The van der Waals surface area contributed by atoms with Gasteiger partial charge >= 0.3 is 0 Å². The molecule has 1 aromatic carbocycles. The summed E-state index contributed by atoms with van der Waals surface area (Å²) in [5.41, 5.74) is 1.23. The Balaban J connectivity index is 1.71. The number of anilines is 1. The predicted molar refractivity (Wildman–Crippen MR) is 102 cm³/mol. The molecule has 4 N–H and O–H groups in total. The van der Waals surface area contributed by atoms with E-state index in [9.17, 15) is 14.0 Å². The van der Waals surface area contributed by atoms with Gasteiger partial charge in [0, 0.05) is 35.5 Å². The molecule has 3 rings (SSSR count). The highest BCUT2D eigenvalue weighted by atomic mass is 32.1. The molecule has 1 saturated heterocycles. The molecule has 2 aliphatic heterocycles. The Hall–Kier alpha value is -2.32. The SMILES string of the molecule is O=C1Nc2cc(C(=O)NCCC3CCCN3)ccc2/C=C(/F)C=C1NS. The van der Waals surface area contributed by atoms with Crippen LogP contribution in [-0.4, -0.2) is 30.9 Å². The topological polar surface area (TPSA) is 82.3 Å². The zero-order chi connectivity index (χ0) is 18.5. The highest BCUT2D eigenvalue weighted by Crippen LogP contribution is 2.24. The van der Waals surface area contributed by atoms with Crippen LogP contribution in [0.4, 0.5) is 10.1 Å². The minimum atomic E-state index is -0.584. The van der Waals surface area contributed by atoms with Crippen LogP contribution in [0.15, 0.2) is 35.8 Å². The molecule has 1 atom stereocenters. The molecule has 1 fully saturated rings. The van der Waals surface area contributed by atoms with Crippen LogP contribution >= 0.6 is 12.8 Å². The smallest absolute Gasteiger partial charge is 0.272 e. The molecule has 2 amide bonds. The average Bonchev–Trinajstić information content (AvgIpc) is 3.13. The second-order valence-corrected chi connectivity index (χ2v) is 6.52. The fourth-order valence-corrected chi connectivity index (χ4v) is 3.23. The van der Waals surface area contributed by atoms with Gasteiger partial charge in [0.25, 0.3) is 11.8 Å². The average molecular weight is 376 g/mol. The molecule has 1 unspecified atom stereocenters. The maximum atomic E-state index is 13.9. The monoisotopic (exact) mass is 376 g/mol. The van der Waals surface area contributed by atoms with Gasteiger partial charge in [0.2, 0.25) is 0 Å². The third-order valence-corrected chi connectivity index (χ3v) is 4.69. The van der Waals surface area contributed by atoms with E-state index in [1.54, 1.807) is 18.2 Å². The molecule has 0 radical (unpaired) electrons. The first-order chi connectivity index (χ1) is 12.6. The highest BCUT2D eigenvalue weighted by Gasteiger charge is 2.17. The van der Waals surface area contributed by atoms with Gasteiger partial charge in [-0.3, -0.25) is 9.59 Å². The Morgan fingerprint density at radius 2 is 2.19 bits per heavy atom. The summed E-state index contributed by atoms with van der Waals surface area (Å²) in [6.07, 6.45) is 5.53. The molecule has 1 aromatic rings. The van der Waals surface area contributed by atoms with E-state index < -0.39 is 11.7 Å². The van der Waals surface area contributed by atoms with Crippen LogP contribution in [0.1, 0.15) is 35.2 Å². The van der Waals surface area contributed by atoms with Gasteiger partial charge in [0.15, 0.2) is 0 Å². The van der Waals surface area contributed by atoms with Crippen molar-refractivity contribution in [3.05, 3.63) is 46.9 Å². The van der Waals surface area contributed by atoms with Gasteiger partial charge in [0.1, 0.15) is 11.5 Å². The van der Waals surface area contributed by atoms with E-state index in [4.69, 9.17) is 0 Å². The van der Waals surface area contributed by atoms with Crippen LogP contribution in [-0.2, 0) is 4.79 Å². The number of carbonyl (C=O) groups excluding carboxylic acids is 2. The molecule has 138 valence electrons. The van der Waals surface area contributed by atoms with Gasteiger partial charge in [-0.25, -0.2) is 4.39 Å². The van der Waals surface area contributed by atoms with E-state index in [0.717, 1.165) is 25.5 Å². The Labute approximate surface area is 156 Å². The van der Waals surface area contributed by atoms with Crippen molar-refractivity contribution in [3.63, 3.8) is 0 Å².